The van der Waals surface area contributed by atoms with Crippen molar-refractivity contribution in [1.29, 1.82) is 0 Å². The fourth-order valence-corrected chi connectivity index (χ4v) is 5.99. The number of quaternary nitrogens is 1. The van der Waals surface area contributed by atoms with Gasteiger partial charge in [-0.2, -0.15) is 0 Å². The van der Waals surface area contributed by atoms with Gasteiger partial charge >= 0.3 is 13.8 Å². The van der Waals surface area contributed by atoms with Crippen LogP contribution < -0.4 is 0 Å². The van der Waals surface area contributed by atoms with Crippen molar-refractivity contribution in [3.05, 3.63) is 12.2 Å². The van der Waals surface area contributed by atoms with E-state index in [4.69, 9.17) is 18.5 Å². The molecular weight excluding hydrogens is 613 g/mol. The lowest BCUT2D eigenvalue weighted by atomic mass is 10.1. The van der Waals surface area contributed by atoms with E-state index < -0.39 is 13.9 Å². The largest absolute Gasteiger partial charge is 0.472 e. The average molecular weight is 691 g/mol. The van der Waals surface area contributed by atoms with Gasteiger partial charge in [-0.25, -0.2) is 4.57 Å². The number of likely N-dealkylation sites (N-methyl/N-ethyl adjacent to an activating group) is 1. The van der Waals surface area contributed by atoms with Crippen molar-refractivity contribution in [2.45, 2.75) is 174 Å². The number of carbonyl (C=O) groups excluding carboxylic acids is 1. The van der Waals surface area contributed by atoms with Crippen LogP contribution in [0.1, 0.15) is 168 Å². The summed E-state index contributed by atoms with van der Waals surface area (Å²) in [6.45, 7) is 5.56. The zero-order valence-corrected chi connectivity index (χ0v) is 32.4. The highest BCUT2D eigenvalue weighted by atomic mass is 31.2. The molecule has 0 bridgehead atoms. The van der Waals surface area contributed by atoms with Crippen molar-refractivity contribution >= 4 is 13.8 Å². The van der Waals surface area contributed by atoms with Crippen molar-refractivity contribution in [2.75, 3.05) is 54.1 Å². The van der Waals surface area contributed by atoms with Crippen molar-refractivity contribution in [3.63, 3.8) is 0 Å². The highest BCUT2D eigenvalue weighted by molar-refractivity contribution is 7.47. The van der Waals surface area contributed by atoms with Gasteiger partial charge in [0.2, 0.25) is 0 Å². The molecule has 0 spiro atoms. The van der Waals surface area contributed by atoms with Gasteiger partial charge in [0.1, 0.15) is 19.3 Å². The summed E-state index contributed by atoms with van der Waals surface area (Å²) in [5, 5.41) is 0. The van der Waals surface area contributed by atoms with Gasteiger partial charge in [-0.05, 0) is 38.5 Å². The van der Waals surface area contributed by atoms with Gasteiger partial charge in [0.15, 0.2) is 0 Å². The van der Waals surface area contributed by atoms with E-state index in [0.717, 1.165) is 32.1 Å². The molecule has 0 rings (SSSR count). The monoisotopic (exact) mass is 691 g/mol. The number of rotatable bonds is 36. The van der Waals surface area contributed by atoms with Crippen LogP contribution in [0.4, 0.5) is 0 Å². The second-order valence-electron chi connectivity index (χ2n) is 14.3. The summed E-state index contributed by atoms with van der Waals surface area (Å²) in [6, 6.07) is 0. The van der Waals surface area contributed by atoms with Crippen LogP contribution in [0.5, 0.6) is 0 Å². The molecule has 1 N–H and O–H groups in total. The van der Waals surface area contributed by atoms with Crippen LogP contribution in [0.2, 0.25) is 0 Å². The second-order valence-corrected chi connectivity index (χ2v) is 15.8. The molecule has 0 aromatic heterocycles. The fraction of sp³-hybridized carbons (Fsp3) is 0.921. The normalized spacial score (nSPS) is 14.1. The third-order valence-corrected chi connectivity index (χ3v) is 9.31. The molecule has 0 aliphatic rings. The third kappa shape index (κ3) is 36.3. The molecule has 0 aromatic rings. The molecule has 9 heteroatoms. The highest BCUT2D eigenvalue weighted by Gasteiger charge is 2.26. The van der Waals surface area contributed by atoms with Gasteiger partial charge in [0.05, 0.1) is 34.4 Å². The van der Waals surface area contributed by atoms with Crippen molar-refractivity contribution in [3.8, 4) is 0 Å². The molecule has 0 fully saturated rings. The van der Waals surface area contributed by atoms with E-state index in [1.807, 2.05) is 21.1 Å². The van der Waals surface area contributed by atoms with Crippen LogP contribution in [0.25, 0.3) is 0 Å². The molecule has 280 valence electrons. The lowest BCUT2D eigenvalue weighted by Crippen LogP contribution is -2.37. The van der Waals surface area contributed by atoms with Crippen molar-refractivity contribution in [2.24, 2.45) is 0 Å². The minimum Gasteiger partial charge on any atom is -0.457 e. The molecule has 0 aliphatic carbocycles. The number of allylic oxidation sites excluding steroid dienone is 2. The Morgan fingerprint density at radius 2 is 1.11 bits per heavy atom. The summed E-state index contributed by atoms with van der Waals surface area (Å²) < 4.78 is 34.7. The molecule has 0 saturated heterocycles. The van der Waals surface area contributed by atoms with E-state index in [0.29, 0.717) is 24.1 Å². The Morgan fingerprint density at radius 1 is 0.638 bits per heavy atom. The molecule has 0 heterocycles. The van der Waals surface area contributed by atoms with E-state index in [1.54, 1.807) is 0 Å². The van der Waals surface area contributed by atoms with Crippen LogP contribution in [0.15, 0.2) is 12.2 Å². The summed E-state index contributed by atoms with van der Waals surface area (Å²) in [4.78, 5) is 22.6. The fourth-order valence-electron chi connectivity index (χ4n) is 5.25. The molecular formula is C38H77NO7P+. The Hall–Kier alpha value is -0.760. The number of phosphoric acid groups is 1. The van der Waals surface area contributed by atoms with Crippen LogP contribution in [0.3, 0.4) is 0 Å². The number of phosphoric ester groups is 1. The minimum absolute atomic E-state index is 0.0903. The zero-order chi connectivity index (χ0) is 34.9. The van der Waals surface area contributed by atoms with E-state index in [-0.39, 0.29) is 25.8 Å². The van der Waals surface area contributed by atoms with Crippen molar-refractivity contribution < 1.29 is 37.3 Å². The van der Waals surface area contributed by atoms with Crippen LogP contribution in [0, 0.1) is 0 Å². The lowest BCUT2D eigenvalue weighted by Gasteiger charge is -2.24. The second kappa shape index (κ2) is 32.4. The SMILES string of the molecule is CCCCCCCCC/C=C\CCCCCCCCCCOCC(COP(=O)(O)OCC[N+](C)(C)C)OC(=O)CCCCCCCC. The topological polar surface area (TPSA) is 91.3 Å². The summed E-state index contributed by atoms with van der Waals surface area (Å²) in [7, 11) is 1.67. The van der Waals surface area contributed by atoms with E-state index in [2.05, 4.69) is 26.0 Å². The zero-order valence-electron chi connectivity index (χ0n) is 31.5. The predicted molar refractivity (Wildman–Crippen MR) is 197 cm³/mol. The Kier molecular flexibility index (Phi) is 31.9. The first-order chi connectivity index (χ1) is 22.6. The predicted octanol–water partition coefficient (Wildman–Crippen LogP) is 10.7. The van der Waals surface area contributed by atoms with Crippen molar-refractivity contribution in [1.82, 2.24) is 0 Å². The molecule has 8 nitrogen and oxygen atoms in total. The molecule has 47 heavy (non-hydrogen) atoms. The van der Waals surface area contributed by atoms with Crippen LogP contribution in [-0.4, -0.2) is 75.6 Å². The van der Waals surface area contributed by atoms with Gasteiger partial charge < -0.3 is 18.9 Å². The Morgan fingerprint density at radius 3 is 1.62 bits per heavy atom. The smallest absolute Gasteiger partial charge is 0.457 e. The van der Waals surface area contributed by atoms with E-state index in [9.17, 15) is 14.3 Å². The van der Waals surface area contributed by atoms with Crippen LogP contribution >= 0.6 is 7.82 Å². The quantitative estimate of drug-likeness (QED) is 0.0230. The summed E-state index contributed by atoms with van der Waals surface area (Å²) in [5.74, 6) is -0.323. The third-order valence-electron chi connectivity index (χ3n) is 8.33. The first-order valence-electron chi connectivity index (χ1n) is 19.4. The lowest BCUT2D eigenvalue weighted by molar-refractivity contribution is -0.870. The standard InChI is InChI=1S/C38H76NO7P/c1-6-8-10-12-14-15-16-17-18-19-20-21-22-23-24-25-26-28-30-33-43-35-37(46-38(40)31-29-27-13-11-9-7-2)36-45-47(41,42)44-34-32-39(3,4)5/h18-19,37H,6-17,20-36H2,1-5H3/p+1/b19-18-. The maximum absolute atomic E-state index is 12.5. The number of carbonyl (C=O) groups is 1. The number of esters is 1. The number of nitrogens with zero attached hydrogens (tertiary/aromatic N) is 1. The maximum Gasteiger partial charge on any atom is 0.472 e. The van der Waals surface area contributed by atoms with Gasteiger partial charge in [-0.3, -0.25) is 13.8 Å². The van der Waals surface area contributed by atoms with Gasteiger partial charge in [-0.15, -0.1) is 0 Å². The molecule has 2 atom stereocenters. The Balaban J connectivity index is 4.08. The summed E-state index contributed by atoms with van der Waals surface area (Å²) in [6.07, 6.45) is 32.6. The Bertz CT molecular complexity index is 772. The molecule has 0 radical (unpaired) electrons. The van der Waals surface area contributed by atoms with Gasteiger partial charge in [0, 0.05) is 13.0 Å². The first-order valence-corrected chi connectivity index (χ1v) is 20.9. The van der Waals surface area contributed by atoms with Crippen LogP contribution in [-0.2, 0) is 27.9 Å². The summed E-state index contributed by atoms with van der Waals surface area (Å²) >= 11 is 0. The highest BCUT2D eigenvalue weighted by Crippen LogP contribution is 2.43. The first kappa shape index (κ1) is 46.2. The minimum atomic E-state index is -4.25. The van der Waals surface area contributed by atoms with E-state index >= 15 is 0 Å². The van der Waals surface area contributed by atoms with E-state index in [1.165, 1.54) is 116 Å². The number of hydrogen-bond acceptors (Lipinski definition) is 6. The molecule has 0 aromatic carbocycles. The van der Waals surface area contributed by atoms with Gasteiger partial charge in [-0.1, -0.05) is 135 Å². The Labute approximate surface area is 290 Å². The average Bonchev–Trinajstić information content (AvgIpc) is 3.01. The molecule has 0 amide bonds. The van der Waals surface area contributed by atoms with Gasteiger partial charge in [0.25, 0.3) is 0 Å². The maximum atomic E-state index is 12.5. The molecule has 0 aliphatic heterocycles. The number of ether oxygens (including phenoxy) is 2. The number of unbranched alkanes of at least 4 members (excludes halogenated alkanes) is 20. The number of hydrogen-bond donors (Lipinski definition) is 1. The molecule has 0 saturated carbocycles. The summed E-state index contributed by atoms with van der Waals surface area (Å²) in [5.41, 5.74) is 0. The molecule has 2 unspecified atom stereocenters.